The van der Waals surface area contributed by atoms with E-state index in [0.29, 0.717) is 6.54 Å². The van der Waals surface area contributed by atoms with Gasteiger partial charge >= 0.3 is 0 Å². The van der Waals surface area contributed by atoms with Gasteiger partial charge in [0.2, 0.25) is 5.91 Å². The summed E-state index contributed by atoms with van der Waals surface area (Å²) in [6, 6.07) is 8.06. The average molecular weight is 300 g/mol. The van der Waals surface area contributed by atoms with E-state index in [2.05, 4.69) is 10.1 Å². The number of nitrogens with one attached hydrogen (secondary N) is 1. The first-order valence-corrected chi connectivity index (χ1v) is 7.13. The Kier molecular flexibility index (Phi) is 3.86. The van der Waals surface area contributed by atoms with Crippen LogP contribution in [0, 0.1) is 0 Å². The number of hydrogen-bond donors (Lipinski definition) is 1. The van der Waals surface area contributed by atoms with Crippen LogP contribution in [-0.2, 0) is 17.9 Å². The Morgan fingerprint density at radius 3 is 2.77 bits per heavy atom. The van der Waals surface area contributed by atoms with E-state index in [1.54, 1.807) is 11.1 Å². The first-order chi connectivity index (χ1) is 10.6. The highest BCUT2D eigenvalue weighted by molar-refractivity contribution is 5.76. The molecule has 3 rings (SSSR count). The minimum atomic E-state index is -0.407. The third-order valence-corrected chi connectivity index (χ3v) is 3.55. The molecule has 22 heavy (non-hydrogen) atoms. The summed E-state index contributed by atoms with van der Waals surface area (Å²) in [7, 11) is 0. The van der Waals surface area contributed by atoms with Crippen molar-refractivity contribution in [3.8, 4) is 0 Å². The van der Waals surface area contributed by atoms with Gasteiger partial charge in [-0.25, -0.2) is 4.68 Å². The van der Waals surface area contributed by atoms with Crippen LogP contribution < -0.4 is 11.1 Å². The maximum absolute atomic E-state index is 12.5. The number of pyridine rings is 1. The van der Waals surface area contributed by atoms with Gasteiger partial charge in [-0.15, -0.1) is 0 Å². The van der Waals surface area contributed by atoms with Gasteiger partial charge in [0, 0.05) is 24.4 Å². The van der Waals surface area contributed by atoms with Crippen LogP contribution in [0.3, 0.4) is 0 Å². The van der Waals surface area contributed by atoms with Crippen LogP contribution in [0.5, 0.6) is 0 Å². The lowest BCUT2D eigenvalue weighted by Gasteiger charge is -2.22. The van der Waals surface area contributed by atoms with E-state index in [1.807, 2.05) is 18.2 Å². The van der Waals surface area contributed by atoms with Gasteiger partial charge < -0.3 is 4.90 Å². The topological polar surface area (TPSA) is 88.1 Å². The molecule has 7 heteroatoms. The lowest BCUT2D eigenvalue weighted by atomic mass is 10.3. The molecular formula is C15H16N4O3. The Morgan fingerprint density at radius 2 is 2.09 bits per heavy atom. The van der Waals surface area contributed by atoms with Gasteiger partial charge in [-0.05, 0) is 25.0 Å². The smallest absolute Gasteiger partial charge is 0.265 e. The molecule has 1 aliphatic rings. The minimum Gasteiger partial charge on any atom is -0.332 e. The summed E-state index contributed by atoms with van der Waals surface area (Å²) in [4.78, 5) is 41.4. The Bertz CT molecular complexity index is 777. The summed E-state index contributed by atoms with van der Waals surface area (Å²) >= 11 is 0. The lowest BCUT2D eigenvalue weighted by Crippen LogP contribution is -2.39. The number of aromatic nitrogens is 3. The van der Waals surface area contributed by atoms with E-state index in [-0.39, 0.29) is 18.5 Å². The Labute approximate surface area is 126 Å². The molecule has 0 aliphatic heterocycles. The van der Waals surface area contributed by atoms with Crippen molar-refractivity contribution in [3.05, 3.63) is 62.9 Å². The Balaban J connectivity index is 1.77. The van der Waals surface area contributed by atoms with Crippen LogP contribution in [0.2, 0.25) is 0 Å². The molecule has 114 valence electrons. The summed E-state index contributed by atoms with van der Waals surface area (Å²) < 4.78 is 1.04. The molecule has 0 saturated heterocycles. The van der Waals surface area contributed by atoms with E-state index in [0.717, 1.165) is 35.4 Å². The predicted molar refractivity (Wildman–Crippen MR) is 79.1 cm³/mol. The molecule has 1 amide bonds. The molecule has 0 spiro atoms. The van der Waals surface area contributed by atoms with Crippen LogP contribution in [0.1, 0.15) is 18.5 Å². The second kappa shape index (κ2) is 5.97. The molecule has 2 aromatic rings. The average Bonchev–Trinajstić information content (AvgIpc) is 3.34. The Morgan fingerprint density at radius 1 is 1.27 bits per heavy atom. The first-order valence-electron chi connectivity index (χ1n) is 7.13. The summed E-state index contributed by atoms with van der Waals surface area (Å²) in [6.45, 7) is 0.244. The van der Waals surface area contributed by atoms with E-state index >= 15 is 0 Å². The molecule has 1 N–H and O–H groups in total. The fourth-order valence-corrected chi connectivity index (χ4v) is 2.28. The fourth-order valence-electron chi connectivity index (χ4n) is 2.28. The third kappa shape index (κ3) is 3.30. The second-order valence-electron chi connectivity index (χ2n) is 5.31. The summed E-state index contributed by atoms with van der Waals surface area (Å²) in [6.07, 6.45) is 3.60. The SMILES string of the molecule is O=C(Cn1[nH]c(=O)ccc1=O)N(Cc1ccccn1)C1CC1. The van der Waals surface area contributed by atoms with Gasteiger partial charge in [-0.3, -0.25) is 24.5 Å². The van der Waals surface area contributed by atoms with Crippen molar-refractivity contribution in [1.29, 1.82) is 0 Å². The van der Waals surface area contributed by atoms with Crippen LogP contribution in [0.25, 0.3) is 0 Å². The highest BCUT2D eigenvalue weighted by Crippen LogP contribution is 2.28. The first kappa shape index (κ1) is 14.2. The van der Waals surface area contributed by atoms with Crippen LogP contribution >= 0.6 is 0 Å². The Hall–Kier alpha value is -2.70. The number of rotatable bonds is 5. The summed E-state index contributed by atoms with van der Waals surface area (Å²) in [5.74, 6) is -0.197. The zero-order valence-electron chi connectivity index (χ0n) is 11.9. The van der Waals surface area contributed by atoms with Crippen molar-refractivity contribution in [1.82, 2.24) is 19.7 Å². The molecular weight excluding hydrogens is 284 g/mol. The second-order valence-corrected chi connectivity index (χ2v) is 5.31. The maximum Gasteiger partial charge on any atom is 0.265 e. The van der Waals surface area contributed by atoms with E-state index in [9.17, 15) is 14.4 Å². The number of nitrogens with zero attached hydrogens (tertiary/aromatic N) is 3. The highest BCUT2D eigenvalue weighted by Gasteiger charge is 2.32. The zero-order chi connectivity index (χ0) is 15.5. The maximum atomic E-state index is 12.5. The molecule has 2 heterocycles. The van der Waals surface area contributed by atoms with Gasteiger partial charge in [-0.1, -0.05) is 6.07 Å². The largest absolute Gasteiger partial charge is 0.332 e. The molecule has 0 bridgehead atoms. The normalized spacial score (nSPS) is 13.8. The highest BCUT2D eigenvalue weighted by atomic mass is 16.2. The van der Waals surface area contributed by atoms with Crippen LogP contribution in [0.15, 0.2) is 46.1 Å². The van der Waals surface area contributed by atoms with E-state index in [4.69, 9.17) is 0 Å². The summed E-state index contributed by atoms with van der Waals surface area (Å²) in [5.41, 5.74) is -0.00622. The molecule has 1 saturated carbocycles. The molecule has 0 aromatic carbocycles. The van der Waals surface area contributed by atoms with Crippen molar-refractivity contribution in [2.75, 3.05) is 0 Å². The fraction of sp³-hybridized carbons (Fsp3) is 0.333. The summed E-state index contributed by atoms with van der Waals surface area (Å²) in [5, 5.41) is 2.37. The van der Waals surface area contributed by atoms with Gasteiger partial charge in [0.05, 0.1) is 12.2 Å². The van der Waals surface area contributed by atoms with Crippen molar-refractivity contribution in [3.63, 3.8) is 0 Å². The molecule has 0 radical (unpaired) electrons. The number of carbonyl (C=O) groups is 1. The van der Waals surface area contributed by atoms with Gasteiger partial charge in [0.15, 0.2) is 0 Å². The van der Waals surface area contributed by atoms with Gasteiger partial charge in [-0.2, -0.15) is 0 Å². The minimum absolute atomic E-state index is 0.168. The third-order valence-electron chi connectivity index (χ3n) is 3.55. The van der Waals surface area contributed by atoms with Crippen molar-refractivity contribution in [2.24, 2.45) is 0 Å². The van der Waals surface area contributed by atoms with Crippen molar-refractivity contribution < 1.29 is 4.79 Å². The van der Waals surface area contributed by atoms with Gasteiger partial charge in [0.1, 0.15) is 6.54 Å². The number of carbonyl (C=O) groups excluding carboxylic acids is 1. The predicted octanol–water partition coefficient (Wildman–Crippen LogP) is 0.123. The monoisotopic (exact) mass is 300 g/mol. The van der Waals surface area contributed by atoms with E-state index in [1.165, 1.54) is 0 Å². The molecule has 2 aromatic heterocycles. The molecule has 0 unspecified atom stereocenters. The zero-order valence-corrected chi connectivity index (χ0v) is 11.9. The molecule has 0 atom stereocenters. The van der Waals surface area contributed by atoms with Gasteiger partial charge in [0.25, 0.3) is 11.1 Å². The standard InChI is InChI=1S/C15H16N4O3/c20-13-6-7-14(21)19(17-13)10-15(22)18(12-4-5-12)9-11-3-1-2-8-16-11/h1-3,6-8,12H,4-5,9-10H2,(H,17,20). The molecule has 1 aliphatic carbocycles. The number of amides is 1. The van der Waals surface area contributed by atoms with Crippen LogP contribution in [0.4, 0.5) is 0 Å². The number of H-pyrrole nitrogens is 1. The quantitative estimate of drug-likeness (QED) is 0.849. The number of hydrogen-bond acceptors (Lipinski definition) is 4. The molecule has 1 fully saturated rings. The van der Waals surface area contributed by atoms with Crippen molar-refractivity contribution in [2.45, 2.75) is 32.0 Å². The van der Waals surface area contributed by atoms with E-state index < -0.39 is 11.1 Å². The lowest BCUT2D eigenvalue weighted by molar-refractivity contribution is -0.133. The number of aromatic amines is 1. The van der Waals surface area contributed by atoms with Crippen LogP contribution in [-0.4, -0.2) is 31.6 Å². The van der Waals surface area contributed by atoms with Crippen molar-refractivity contribution >= 4 is 5.91 Å². The molecule has 7 nitrogen and oxygen atoms in total.